The van der Waals surface area contributed by atoms with Crippen LogP contribution in [0, 0.1) is 0 Å². The predicted octanol–water partition coefficient (Wildman–Crippen LogP) is 4.81. The molecule has 0 saturated carbocycles. The molecule has 0 amide bonds. The maximum absolute atomic E-state index is 13.3. The lowest BCUT2D eigenvalue weighted by atomic mass is 10.0. The van der Waals surface area contributed by atoms with Crippen LogP contribution in [0.25, 0.3) is 10.9 Å². The van der Waals surface area contributed by atoms with Crippen molar-refractivity contribution in [1.82, 2.24) is 30.1 Å². The van der Waals surface area contributed by atoms with E-state index in [4.69, 9.17) is 9.47 Å². The Morgan fingerprint density at radius 3 is 2.67 bits per heavy atom. The second-order valence-corrected chi connectivity index (χ2v) is 10.3. The van der Waals surface area contributed by atoms with Crippen molar-refractivity contribution in [2.45, 2.75) is 77.7 Å². The third-order valence-electron chi connectivity index (χ3n) is 7.57. The van der Waals surface area contributed by atoms with Crippen LogP contribution in [0.3, 0.4) is 0 Å². The molecule has 0 unspecified atom stereocenters. The topological polar surface area (TPSA) is 98.2 Å². The summed E-state index contributed by atoms with van der Waals surface area (Å²) >= 11 is 0. The molecule has 9 nitrogen and oxygen atoms in total. The van der Waals surface area contributed by atoms with Crippen molar-refractivity contribution in [3.63, 3.8) is 0 Å². The Bertz CT molecular complexity index is 1420. The number of fused-ring (bicyclic) bond motifs is 1. The minimum atomic E-state index is -0.0782. The molecule has 1 aliphatic heterocycles. The molecule has 1 fully saturated rings. The minimum Gasteiger partial charge on any atom is -0.497 e. The average Bonchev–Trinajstić information content (AvgIpc) is 3.64. The van der Waals surface area contributed by atoms with E-state index in [-0.39, 0.29) is 17.7 Å². The molecular weight excluding hydrogens is 492 g/mol. The molecule has 1 N–H and O–H groups in total. The summed E-state index contributed by atoms with van der Waals surface area (Å²) in [7, 11) is 1.67. The van der Waals surface area contributed by atoms with Crippen LogP contribution >= 0.6 is 0 Å². The second kappa shape index (κ2) is 12.5. The van der Waals surface area contributed by atoms with Gasteiger partial charge in [-0.15, -0.1) is 5.10 Å². The third-order valence-corrected chi connectivity index (χ3v) is 7.57. The van der Waals surface area contributed by atoms with Gasteiger partial charge >= 0.3 is 0 Å². The molecule has 4 aromatic rings. The van der Waals surface area contributed by atoms with Crippen molar-refractivity contribution in [2.24, 2.45) is 0 Å². The summed E-state index contributed by atoms with van der Waals surface area (Å²) in [6, 6.07) is 16.3. The Labute approximate surface area is 229 Å². The van der Waals surface area contributed by atoms with Crippen LogP contribution in [-0.4, -0.2) is 49.9 Å². The molecule has 3 heterocycles. The van der Waals surface area contributed by atoms with Crippen LogP contribution in [0.4, 0.5) is 0 Å². The number of hydrogen-bond donors (Lipinski definition) is 1. The van der Waals surface area contributed by atoms with Crippen LogP contribution < -0.4 is 10.3 Å². The lowest BCUT2D eigenvalue weighted by Crippen LogP contribution is -2.33. The summed E-state index contributed by atoms with van der Waals surface area (Å²) in [6.45, 7) is 6.82. The van der Waals surface area contributed by atoms with Gasteiger partial charge in [-0.25, -0.2) is 4.68 Å². The number of hydrogen-bond acceptors (Lipinski definition) is 7. The third kappa shape index (κ3) is 6.37. The zero-order chi connectivity index (χ0) is 27.2. The normalized spacial score (nSPS) is 16.3. The lowest BCUT2D eigenvalue weighted by Gasteiger charge is -2.31. The van der Waals surface area contributed by atoms with E-state index in [1.165, 1.54) is 5.56 Å². The lowest BCUT2D eigenvalue weighted by molar-refractivity contribution is 0.0885. The van der Waals surface area contributed by atoms with Gasteiger partial charge in [-0.1, -0.05) is 38.5 Å². The number of rotatable bonds is 12. The first kappa shape index (κ1) is 27.0. The number of nitrogens with zero attached hydrogens (tertiary/aromatic N) is 5. The highest BCUT2D eigenvalue weighted by Crippen LogP contribution is 2.29. The van der Waals surface area contributed by atoms with Crippen LogP contribution in [0.2, 0.25) is 0 Å². The fourth-order valence-corrected chi connectivity index (χ4v) is 5.41. The van der Waals surface area contributed by atoms with E-state index < -0.39 is 0 Å². The fourth-order valence-electron chi connectivity index (χ4n) is 5.41. The van der Waals surface area contributed by atoms with Gasteiger partial charge in [0.05, 0.1) is 25.8 Å². The number of H-pyrrole nitrogens is 1. The van der Waals surface area contributed by atoms with Gasteiger partial charge < -0.3 is 14.5 Å². The van der Waals surface area contributed by atoms with Crippen molar-refractivity contribution in [1.29, 1.82) is 0 Å². The summed E-state index contributed by atoms with van der Waals surface area (Å²) in [6.07, 6.45) is 4.95. The first-order valence-electron chi connectivity index (χ1n) is 14.0. The second-order valence-electron chi connectivity index (χ2n) is 10.3. The molecule has 0 spiro atoms. The van der Waals surface area contributed by atoms with Gasteiger partial charge in [-0.2, -0.15) is 0 Å². The molecule has 1 aliphatic rings. The van der Waals surface area contributed by atoms with E-state index in [2.05, 4.69) is 63.5 Å². The summed E-state index contributed by atoms with van der Waals surface area (Å²) < 4.78 is 13.1. The Morgan fingerprint density at radius 1 is 1.13 bits per heavy atom. The monoisotopic (exact) mass is 530 g/mol. The predicted molar refractivity (Wildman–Crippen MR) is 151 cm³/mol. The van der Waals surface area contributed by atoms with Gasteiger partial charge in [0.1, 0.15) is 5.75 Å². The molecule has 2 aromatic heterocycles. The van der Waals surface area contributed by atoms with Crippen molar-refractivity contribution in [3.05, 3.63) is 81.4 Å². The van der Waals surface area contributed by atoms with Crippen LogP contribution in [-0.2, 0) is 30.8 Å². The molecule has 9 heteroatoms. The Morgan fingerprint density at radius 2 is 1.95 bits per heavy atom. The molecule has 0 bridgehead atoms. The molecular formula is C30H38N6O3. The van der Waals surface area contributed by atoms with E-state index in [1.807, 2.05) is 28.9 Å². The molecule has 1 saturated heterocycles. The first-order chi connectivity index (χ1) is 19.1. The highest BCUT2D eigenvalue weighted by Gasteiger charge is 2.28. The van der Waals surface area contributed by atoms with Crippen molar-refractivity contribution in [3.8, 4) is 5.75 Å². The summed E-state index contributed by atoms with van der Waals surface area (Å²) in [5, 5.41) is 14.0. The number of methoxy groups -OCH3 is 1. The number of tetrazole rings is 1. The number of pyridine rings is 1. The molecule has 39 heavy (non-hydrogen) atoms. The summed E-state index contributed by atoms with van der Waals surface area (Å²) in [5.74, 6) is 1.62. The number of aryl methyl sites for hydroxylation is 1. The molecule has 2 aromatic carbocycles. The van der Waals surface area contributed by atoms with E-state index >= 15 is 0 Å². The van der Waals surface area contributed by atoms with Crippen LogP contribution in [0.1, 0.15) is 68.1 Å². The highest BCUT2D eigenvalue weighted by molar-refractivity contribution is 5.79. The number of aromatic amines is 1. The van der Waals surface area contributed by atoms with Crippen LogP contribution in [0.15, 0.2) is 53.3 Å². The zero-order valence-corrected chi connectivity index (χ0v) is 23.1. The quantitative estimate of drug-likeness (QED) is 0.281. The average molecular weight is 531 g/mol. The van der Waals surface area contributed by atoms with Crippen molar-refractivity contribution >= 4 is 10.9 Å². The molecule has 5 rings (SSSR count). The van der Waals surface area contributed by atoms with E-state index in [9.17, 15) is 4.79 Å². The number of benzene rings is 2. The van der Waals surface area contributed by atoms with Crippen molar-refractivity contribution in [2.75, 3.05) is 13.7 Å². The largest absolute Gasteiger partial charge is 0.497 e. The maximum Gasteiger partial charge on any atom is 0.252 e. The smallest absolute Gasteiger partial charge is 0.252 e. The molecule has 206 valence electrons. The van der Waals surface area contributed by atoms with Gasteiger partial charge in [0, 0.05) is 30.8 Å². The molecule has 2 atom stereocenters. The highest BCUT2D eigenvalue weighted by atomic mass is 16.5. The SMILES string of the molecule is CCC[C@@H](c1nnnn1C[C@H]1CCCO1)N(Cc1ccc(OC)cc1)Cc1cc2cc(CC)ccc2[nH]c1=O. The summed E-state index contributed by atoms with van der Waals surface area (Å²) in [4.78, 5) is 18.7. The molecule has 0 radical (unpaired) electrons. The maximum atomic E-state index is 13.3. The number of ether oxygens (including phenoxy) is 2. The Kier molecular flexibility index (Phi) is 8.68. The first-order valence-corrected chi connectivity index (χ1v) is 14.0. The molecule has 0 aliphatic carbocycles. The fraction of sp³-hybridized carbons (Fsp3) is 0.467. The van der Waals surface area contributed by atoms with E-state index in [1.54, 1.807) is 7.11 Å². The van der Waals surface area contributed by atoms with Crippen molar-refractivity contribution < 1.29 is 9.47 Å². The van der Waals surface area contributed by atoms with Gasteiger partial charge in [0.15, 0.2) is 5.82 Å². The van der Waals surface area contributed by atoms with E-state index in [0.717, 1.165) is 72.3 Å². The summed E-state index contributed by atoms with van der Waals surface area (Å²) in [5.41, 5.74) is 3.88. The minimum absolute atomic E-state index is 0.0688. The standard InChI is InChI=1S/C30H38N6O3/c1-4-7-28(29-32-33-34-36(29)20-26-8-6-15-39-26)35(18-22-9-12-25(38-3)13-10-22)19-24-17-23-16-21(5-2)11-14-27(23)31-30(24)37/h9-14,16-17,26,28H,4-8,15,18-20H2,1-3H3,(H,31,37)/t26-,28+/m1/s1. The number of aromatic nitrogens is 5. The Balaban J connectivity index is 1.52. The number of nitrogens with one attached hydrogen (secondary N) is 1. The zero-order valence-electron chi connectivity index (χ0n) is 23.1. The Hall–Kier alpha value is -3.56. The van der Waals surface area contributed by atoms with Gasteiger partial charge in [0.25, 0.3) is 5.56 Å². The van der Waals surface area contributed by atoms with Gasteiger partial charge in [0.2, 0.25) is 0 Å². The van der Waals surface area contributed by atoms with Gasteiger partial charge in [-0.3, -0.25) is 9.69 Å². The van der Waals surface area contributed by atoms with Gasteiger partial charge in [-0.05, 0) is 83.0 Å². The van der Waals surface area contributed by atoms with E-state index in [0.29, 0.717) is 19.6 Å². The van der Waals surface area contributed by atoms with Crippen LogP contribution in [0.5, 0.6) is 5.75 Å².